The van der Waals surface area contributed by atoms with Crippen molar-refractivity contribution in [1.29, 1.82) is 5.26 Å². The lowest BCUT2D eigenvalue weighted by atomic mass is 10.4. The van der Waals surface area contributed by atoms with Gasteiger partial charge in [-0.2, -0.15) is 5.26 Å². The summed E-state index contributed by atoms with van der Waals surface area (Å²) in [5, 5.41) is 11.2. The van der Waals surface area contributed by atoms with Crippen LogP contribution in [-0.2, 0) is 0 Å². The number of aliphatic imine (C=N–C) groups is 1. The smallest absolute Gasteiger partial charge is 0.175 e. The van der Waals surface area contributed by atoms with Crippen LogP contribution in [-0.4, -0.2) is 11.7 Å². The van der Waals surface area contributed by atoms with E-state index in [-0.39, 0.29) is 10.9 Å². The van der Waals surface area contributed by atoms with Crippen molar-refractivity contribution in [3.8, 4) is 6.07 Å². The van der Waals surface area contributed by atoms with Gasteiger partial charge in [-0.15, -0.1) is 0 Å². The summed E-state index contributed by atoms with van der Waals surface area (Å²) in [7, 11) is 0. The highest BCUT2D eigenvalue weighted by molar-refractivity contribution is 6.33. The number of hydrogen-bond donors (Lipinski definition) is 1. The Morgan fingerprint density at radius 2 is 2.50 bits per heavy atom. The average Bonchev–Trinajstić information content (AvgIpc) is 1.88. The zero-order chi connectivity index (χ0) is 7.56. The minimum Gasteiger partial charge on any atom is -0.353 e. The average molecular weight is 176 g/mol. The maximum Gasteiger partial charge on any atom is 0.175 e. The molecule has 1 heterocycles. The standard InChI is InChI=1S/C5H3Cl2N3/c6-4-2-9-3(1-8)5(7)10-4/h2,4,10H. The second kappa shape index (κ2) is 2.91. The minimum absolute atomic E-state index is 0.165. The summed E-state index contributed by atoms with van der Waals surface area (Å²) in [4.78, 5) is 3.68. The highest BCUT2D eigenvalue weighted by atomic mass is 35.5. The molecule has 0 radical (unpaired) electrons. The molecule has 1 aliphatic rings. The summed E-state index contributed by atoms with van der Waals surface area (Å²) in [6.45, 7) is 0. The van der Waals surface area contributed by atoms with Crippen LogP contribution in [0.1, 0.15) is 0 Å². The van der Waals surface area contributed by atoms with Crippen LogP contribution < -0.4 is 5.32 Å². The maximum atomic E-state index is 8.36. The van der Waals surface area contributed by atoms with Gasteiger partial charge in [0.15, 0.2) is 5.70 Å². The molecule has 0 spiro atoms. The van der Waals surface area contributed by atoms with Gasteiger partial charge in [0.1, 0.15) is 16.7 Å². The summed E-state index contributed by atoms with van der Waals surface area (Å²) < 4.78 is 0. The van der Waals surface area contributed by atoms with Crippen LogP contribution in [0.3, 0.4) is 0 Å². The first kappa shape index (κ1) is 7.39. The quantitative estimate of drug-likeness (QED) is 0.444. The van der Waals surface area contributed by atoms with E-state index in [0.29, 0.717) is 0 Å². The molecule has 0 aromatic rings. The number of nitrogens with zero attached hydrogens (tertiary/aromatic N) is 2. The lowest BCUT2D eigenvalue weighted by Crippen LogP contribution is -2.26. The predicted octanol–water partition coefficient (Wildman–Crippen LogP) is 1.16. The monoisotopic (exact) mass is 175 g/mol. The van der Waals surface area contributed by atoms with Gasteiger partial charge in [0.25, 0.3) is 0 Å². The third kappa shape index (κ3) is 1.41. The van der Waals surface area contributed by atoms with Crippen LogP contribution >= 0.6 is 23.2 Å². The van der Waals surface area contributed by atoms with Crippen molar-refractivity contribution in [2.24, 2.45) is 4.99 Å². The second-order valence-corrected chi connectivity index (χ2v) is 2.45. The summed E-state index contributed by atoms with van der Waals surface area (Å²) in [5.74, 6) is 0. The molecule has 52 valence electrons. The largest absolute Gasteiger partial charge is 0.353 e. The Morgan fingerprint density at radius 3 is 3.00 bits per heavy atom. The SMILES string of the molecule is N#CC1=C(Cl)NC(Cl)C=N1. The van der Waals surface area contributed by atoms with Crippen LogP contribution in [0.4, 0.5) is 0 Å². The molecule has 3 nitrogen and oxygen atoms in total. The Kier molecular flexibility index (Phi) is 2.15. The van der Waals surface area contributed by atoms with Crippen molar-refractivity contribution in [2.45, 2.75) is 5.50 Å². The molecular weight excluding hydrogens is 173 g/mol. The summed E-state index contributed by atoms with van der Waals surface area (Å²) in [6, 6.07) is 1.80. The number of nitrogens with one attached hydrogen (secondary N) is 1. The Hall–Kier alpha value is -0.720. The van der Waals surface area contributed by atoms with E-state index in [0.717, 1.165) is 0 Å². The maximum absolute atomic E-state index is 8.36. The zero-order valence-electron chi connectivity index (χ0n) is 4.81. The van der Waals surface area contributed by atoms with Crippen LogP contribution in [0, 0.1) is 11.3 Å². The fourth-order valence-electron chi connectivity index (χ4n) is 0.501. The molecule has 1 rings (SSSR count). The van der Waals surface area contributed by atoms with E-state index in [1.54, 1.807) is 6.07 Å². The van der Waals surface area contributed by atoms with Gasteiger partial charge in [0.2, 0.25) is 0 Å². The summed E-state index contributed by atoms with van der Waals surface area (Å²) in [5.41, 5.74) is -0.247. The second-order valence-electron chi connectivity index (χ2n) is 1.60. The Bertz CT molecular complexity index is 238. The van der Waals surface area contributed by atoms with Crippen molar-refractivity contribution >= 4 is 29.4 Å². The number of hydrogen-bond acceptors (Lipinski definition) is 3. The Balaban J connectivity index is 2.86. The van der Waals surface area contributed by atoms with Gasteiger partial charge in [-0.3, -0.25) is 0 Å². The Labute approximate surface area is 67.9 Å². The van der Waals surface area contributed by atoms with Crippen molar-refractivity contribution in [2.75, 3.05) is 0 Å². The molecule has 1 aliphatic heterocycles. The van der Waals surface area contributed by atoms with Crippen LogP contribution in [0.2, 0.25) is 0 Å². The first-order valence-corrected chi connectivity index (χ1v) is 3.30. The molecule has 1 atom stereocenters. The highest BCUT2D eigenvalue weighted by Crippen LogP contribution is 2.12. The van der Waals surface area contributed by atoms with Gasteiger partial charge in [-0.05, 0) is 0 Å². The van der Waals surface area contributed by atoms with Gasteiger partial charge < -0.3 is 5.32 Å². The topological polar surface area (TPSA) is 48.2 Å². The van der Waals surface area contributed by atoms with Gasteiger partial charge >= 0.3 is 0 Å². The molecule has 0 aliphatic carbocycles. The molecule has 0 aromatic carbocycles. The first-order chi connectivity index (χ1) is 4.74. The molecule has 0 aromatic heterocycles. The van der Waals surface area contributed by atoms with Gasteiger partial charge in [-0.1, -0.05) is 23.2 Å². The van der Waals surface area contributed by atoms with E-state index < -0.39 is 5.50 Å². The number of allylic oxidation sites excluding steroid dienone is 1. The molecule has 0 amide bonds. The van der Waals surface area contributed by atoms with Crippen LogP contribution in [0.15, 0.2) is 15.8 Å². The molecule has 1 N–H and O–H groups in total. The summed E-state index contributed by atoms with van der Waals surface area (Å²) >= 11 is 11.1. The zero-order valence-corrected chi connectivity index (χ0v) is 6.32. The van der Waals surface area contributed by atoms with E-state index >= 15 is 0 Å². The number of nitriles is 1. The van der Waals surface area contributed by atoms with E-state index in [1.807, 2.05) is 0 Å². The normalized spacial score (nSPS) is 23.9. The fourth-order valence-corrected chi connectivity index (χ4v) is 0.931. The minimum atomic E-state index is -0.412. The molecule has 0 saturated carbocycles. The molecule has 10 heavy (non-hydrogen) atoms. The molecular formula is C5H3Cl2N3. The molecule has 5 heteroatoms. The fraction of sp³-hybridized carbons (Fsp3) is 0.200. The van der Waals surface area contributed by atoms with Crippen LogP contribution in [0.25, 0.3) is 0 Å². The highest BCUT2D eigenvalue weighted by Gasteiger charge is 2.11. The van der Waals surface area contributed by atoms with E-state index in [9.17, 15) is 0 Å². The van der Waals surface area contributed by atoms with Crippen molar-refractivity contribution in [3.05, 3.63) is 10.9 Å². The van der Waals surface area contributed by atoms with E-state index in [4.69, 9.17) is 28.5 Å². The van der Waals surface area contributed by atoms with Gasteiger partial charge in [0.05, 0.1) is 0 Å². The first-order valence-electron chi connectivity index (χ1n) is 2.48. The number of halogens is 2. The predicted molar refractivity (Wildman–Crippen MR) is 39.8 cm³/mol. The number of alkyl halides is 1. The lowest BCUT2D eigenvalue weighted by Gasteiger charge is -2.11. The molecule has 0 saturated heterocycles. The van der Waals surface area contributed by atoms with E-state index in [2.05, 4.69) is 10.3 Å². The third-order valence-electron chi connectivity index (χ3n) is 0.913. The molecule has 0 fully saturated rings. The molecule has 0 bridgehead atoms. The van der Waals surface area contributed by atoms with Crippen molar-refractivity contribution < 1.29 is 0 Å². The molecule has 1 unspecified atom stereocenters. The van der Waals surface area contributed by atoms with Crippen LogP contribution in [0.5, 0.6) is 0 Å². The van der Waals surface area contributed by atoms with Crippen molar-refractivity contribution in [3.63, 3.8) is 0 Å². The van der Waals surface area contributed by atoms with Gasteiger partial charge in [-0.25, -0.2) is 4.99 Å². The third-order valence-corrected chi connectivity index (χ3v) is 1.42. The number of rotatable bonds is 0. The van der Waals surface area contributed by atoms with E-state index in [1.165, 1.54) is 6.21 Å². The Morgan fingerprint density at radius 1 is 1.80 bits per heavy atom. The lowest BCUT2D eigenvalue weighted by molar-refractivity contribution is 0.907. The van der Waals surface area contributed by atoms with Gasteiger partial charge in [0, 0.05) is 6.21 Å². The van der Waals surface area contributed by atoms with Crippen molar-refractivity contribution in [1.82, 2.24) is 5.32 Å². The summed E-state index contributed by atoms with van der Waals surface area (Å²) in [6.07, 6.45) is 1.41.